The van der Waals surface area contributed by atoms with Gasteiger partial charge in [-0.05, 0) is 48.7 Å². The summed E-state index contributed by atoms with van der Waals surface area (Å²) in [6.45, 7) is 4.97. The molecular weight excluding hydrogens is 380 g/mol. The van der Waals surface area contributed by atoms with Crippen molar-refractivity contribution in [3.63, 3.8) is 0 Å². The van der Waals surface area contributed by atoms with Crippen molar-refractivity contribution in [3.05, 3.63) is 39.6 Å². The van der Waals surface area contributed by atoms with E-state index in [0.717, 1.165) is 23.8 Å². The van der Waals surface area contributed by atoms with Gasteiger partial charge in [-0.2, -0.15) is 0 Å². The van der Waals surface area contributed by atoms with Gasteiger partial charge in [0, 0.05) is 23.2 Å². The smallest absolute Gasteiger partial charge is 0.225 e. The Morgan fingerprint density at radius 3 is 2.79 bits per heavy atom. The van der Waals surface area contributed by atoms with Crippen LogP contribution in [0, 0.1) is 5.92 Å². The van der Waals surface area contributed by atoms with Crippen LogP contribution in [0.5, 0.6) is 5.88 Å². The normalized spacial score (nSPS) is 18.9. The van der Waals surface area contributed by atoms with E-state index in [1.54, 1.807) is 18.5 Å². The number of carbonyl (C=O) groups is 1. The predicted molar refractivity (Wildman–Crippen MR) is 105 cm³/mol. The summed E-state index contributed by atoms with van der Waals surface area (Å²) in [4.78, 5) is 25.6. The molecule has 28 heavy (non-hydrogen) atoms. The molecule has 1 saturated heterocycles. The fourth-order valence-electron chi connectivity index (χ4n) is 3.46. The molecule has 1 aliphatic carbocycles. The number of amides is 1. The van der Waals surface area contributed by atoms with Crippen LogP contribution >= 0.6 is 11.6 Å². The number of hydrogen-bond donors (Lipinski definition) is 0. The van der Waals surface area contributed by atoms with E-state index in [9.17, 15) is 4.79 Å². The predicted octanol–water partition coefficient (Wildman–Crippen LogP) is 4.22. The van der Waals surface area contributed by atoms with E-state index in [1.165, 1.54) is 0 Å². The van der Waals surface area contributed by atoms with Crippen molar-refractivity contribution in [2.75, 3.05) is 13.1 Å². The van der Waals surface area contributed by atoms with Crippen molar-refractivity contribution in [2.45, 2.75) is 44.8 Å². The average Bonchev–Trinajstić information content (AvgIpc) is 3.48. The Balaban J connectivity index is 1.63. The number of ether oxygens (including phenoxy) is 1. The minimum absolute atomic E-state index is 0.0883. The maximum Gasteiger partial charge on any atom is 0.225 e. The Morgan fingerprint density at radius 1 is 1.39 bits per heavy atom. The van der Waals surface area contributed by atoms with Gasteiger partial charge in [0.15, 0.2) is 0 Å². The summed E-state index contributed by atoms with van der Waals surface area (Å²) in [6.07, 6.45) is 5.83. The number of rotatable bonds is 6. The van der Waals surface area contributed by atoms with E-state index in [4.69, 9.17) is 21.9 Å². The lowest BCUT2D eigenvalue weighted by molar-refractivity contribution is -0.141. The van der Waals surface area contributed by atoms with Gasteiger partial charge in [0.1, 0.15) is 11.3 Å². The zero-order valence-corrected chi connectivity index (χ0v) is 16.6. The minimum atomic E-state index is -0.757. The standard InChI is InChI=1S/C19H21ClN6O2/c1-3-19(2,24-25-21)15-8-23-17(14-7-22-16(20)6-13(14)15)28-12-9-26(10-12)18(27)11-4-5-11/h6-8,11-12H,3-5,9-10H2,1-2H3/t19-/m1/s1. The molecule has 1 saturated carbocycles. The van der Waals surface area contributed by atoms with E-state index in [0.29, 0.717) is 35.9 Å². The molecule has 3 heterocycles. The maximum absolute atomic E-state index is 12.1. The first-order valence-corrected chi connectivity index (χ1v) is 9.79. The molecule has 2 aromatic heterocycles. The molecular formula is C19H21ClN6O2. The molecule has 2 fully saturated rings. The zero-order chi connectivity index (χ0) is 19.9. The Kier molecular flexibility index (Phi) is 4.77. The third-order valence-electron chi connectivity index (χ3n) is 5.60. The Bertz CT molecular complexity index is 982. The number of likely N-dealkylation sites (tertiary alicyclic amines) is 1. The van der Waals surface area contributed by atoms with Gasteiger partial charge >= 0.3 is 0 Å². The first-order chi connectivity index (χ1) is 13.4. The van der Waals surface area contributed by atoms with Crippen LogP contribution < -0.4 is 4.74 Å². The van der Waals surface area contributed by atoms with E-state index in [-0.39, 0.29) is 17.9 Å². The third-order valence-corrected chi connectivity index (χ3v) is 5.81. The van der Waals surface area contributed by atoms with Crippen molar-refractivity contribution in [3.8, 4) is 5.88 Å². The molecule has 2 aliphatic rings. The number of fused-ring (bicyclic) bond motifs is 1. The van der Waals surface area contributed by atoms with Crippen LogP contribution in [0.25, 0.3) is 21.2 Å². The van der Waals surface area contributed by atoms with Gasteiger partial charge in [-0.15, -0.1) is 0 Å². The van der Waals surface area contributed by atoms with Crippen molar-refractivity contribution >= 4 is 28.3 Å². The summed E-state index contributed by atoms with van der Waals surface area (Å²) >= 11 is 6.13. The average molecular weight is 401 g/mol. The summed E-state index contributed by atoms with van der Waals surface area (Å²) in [5, 5.41) is 5.84. The summed E-state index contributed by atoms with van der Waals surface area (Å²) in [7, 11) is 0. The number of nitrogens with zero attached hydrogens (tertiary/aromatic N) is 6. The molecule has 146 valence electrons. The topological polar surface area (TPSA) is 104 Å². The second-order valence-corrected chi connectivity index (χ2v) is 7.99. The van der Waals surface area contributed by atoms with Crippen molar-refractivity contribution in [1.82, 2.24) is 14.9 Å². The van der Waals surface area contributed by atoms with Crippen LogP contribution in [-0.4, -0.2) is 40.0 Å². The molecule has 0 spiro atoms. The SMILES string of the molecule is CC[C@@](C)(N=[N+]=[N-])c1cnc(OC2CN(C(=O)C3CC3)C2)c2cnc(Cl)cc12. The molecule has 4 rings (SSSR count). The highest BCUT2D eigenvalue weighted by molar-refractivity contribution is 6.30. The number of hydrogen-bond acceptors (Lipinski definition) is 5. The number of aromatic nitrogens is 2. The summed E-state index contributed by atoms with van der Waals surface area (Å²) < 4.78 is 6.05. The zero-order valence-electron chi connectivity index (χ0n) is 15.8. The molecule has 1 atom stereocenters. The number of carbonyl (C=O) groups excluding carboxylic acids is 1. The monoisotopic (exact) mass is 400 g/mol. The Labute approximate surface area is 167 Å². The number of pyridine rings is 2. The first kappa shape index (κ1) is 18.8. The van der Waals surface area contributed by atoms with Gasteiger partial charge in [0.2, 0.25) is 11.8 Å². The highest BCUT2D eigenvalue weighted by Crippen LogP contribution is 2.38. The maximum atomic E-state index is 12.1. The van der Waals surface area contributed by atoms with Crippen LogP contribution in [0.1, 0.15) is 38.7 Å². The van der Waals surface area contributed by atoms with Gasteiger partial charge in [0.25, 0.3) is 0 Å². The molecule has 0 bridgehead atoms. The quantitative estimate of drug-likeness (QED) is 0.313. The van der Waals surface area contributed by atoms with Crippen molar-refractivity contribution in [1.29, 1.82) is 0 Å². The third kappa shape index (κ3) is 3.34. The van der Waals surface area contributed by atoms with Crippen LogP contribution in [0.15, 0.2) is 23.6 Å². The molecule has 0 radical (unpaired) electrons. The fourth-order valence-corrected chi connectivity index (χ4v) is 3.62. The summed E-state index contributed by atoms with van der Waals surface area (Å²) in [5.41, 5.74) is 9.01. The van der Waals surface area contributed by atoms with Gasteiger partial charge < -0.3 is 9.64 Å². The first-order valence-electron chi connectivity index (χ1n) is 9.41. The van der Waals surface area contributed by atoms with Crippen LogP contribution in [0.4, 0.5) is 0 Å². The molecule has 1 amide bonds. The van der Waals surface area contributed by atoms with Gasteiger partial charge in [-0.25, -0.2) is 9.97 Å². The van der Waals surface area contributed by atoms with Crippen LogP contribution in [0.3, 0.4) is 0 Å². The molecule has 2 aromatic rings. The molecule has 9 heteroatoms. The van der Waals surface area contributed by atoms with Crippen LogP contribution in [0.2, 0.25) is 5.15 Å². The lowest BCUT2D eigenvalue weighted by atomic mass is 9.88. The van der Waals surface area contributed by atoms with E-state index < -0.39 is 5.54 Å². The van der Waals surface area contributed by atoms with E-state index >= 15 is 0 Å². The molecule has 1 aliphatic heterocycles. The van der Waals surface area contributed by atoms with E-state index in [2.05, 4.69) is 20.0 Å². The highest BCUT2D eigenvalue weighted by atomic mass is 35.5. The largest absolute Gasteiger partial charge is 0.470 e. The second-order valence-electron chi connectivity index (χ2n) is 7.60. The lowest BCUT2D eigenvalue weighted by Crippen LogP contribution is -2.56. The van der Waals surface area contributed by atoms with E-state index in [1.807, 2.05) is 18.7 Å². The molecule has 0 N–H and O–H groups in total. The Morgan fingerprint density at radius 2 is 2.14 bits per heavy atom. The minimum Gasteiger partial charge on any atom is -0.470 e. The molecule has 0 unspecified atom stereocenters. The number of halogens is 1. The second kappa shape index (κ2) is 7.11. The highest BCUT2D eigenvalue weighted by Gasteiger charge is 2.40. The Hall–Kier alpha value is -2.57. The molecule has 8 nitrogen and oxygen atoms in total. The van der Waals surface area contributed by atoms with Crippen molar-refractivity contribution in [2.24, 2.45) is 11.0 Å². The summed E-state index contributed by atoms with van der Waals surface area (Å²) in [6, 6.07) is 1.74. The lowest BCUT2D eigenvalue weighted by Gasteiger charge is -2.39. The van der Waals surface area contributed by atoms with Gasteiger partial charge in [0.05, 0.1) is 24.0 Å². The van der Waals surface area contributed by atoms with Gasteiger partial charge in [-0.3, -0.25) is 4.79 Å². The number of azide groups is 1. The fraction of sp³-hybridized carbons (Fsp3) is 0.526. The van der Waals surface area contributed by atoms with Crippen LogP contribution in [-0.2, 0) is 10.3 Å². The van der Waals surface area contributed by atoms with Crippen molar-refractivity contribution < 1.29 is 9.53 Å². The molecule has 0 aromatic carbocycles. The van der Waals surface area contributed by atoms with Gasteiger partial charge in [-0.1, -0.05) is 23.6 Å². The summed E-state index contributed by atoms with van der Waals surface area (Å²) in [5.74, 6) is 0.901.